The molecule has 1 aromatic rings. The van der Waals surface area contributed by atoms with Gasteiger partial charge in [-0.25, -0.2) is 0 Å². The van der Waals surface area contributed by atoms with Gasteiger partial charge in [-0.2, -0.15) is 13.2 Å². The summed E-state index contributed by atoms with van der Waals surface area (Å²) >= 11 is 0. The minimum Gasteiger partial charge on any atom is -0.378 e. The molecule has 146 valence electrons. The number of piperazine rings is 1. The molecule has 0 saturated carbocycles. The van der Waals surface area contributed by atoms with Crippen LogP contribution in [0.15, 0.2) is 24.3 Å². The van der Waals surface area contributed by atoms with Crippen molar-refractivity contribution in [3.05, 3.63) is 35.4 Å². The van der Waals surface area contributed by atoms with Crippen LogP contribution in [0, 0.1) is 0 Å². The number of hydrogen-bond acceptors (Lipinski definition) is 4. The molecule has 0 spiro atoms. The van der Waals surface area contributed by atoms with E-state index in [1.54, 1.807) is 6.07 Å². The first-order valence-corrected chi connectivity index (χ1v) is 9.39. The van der Waals surface area contributed by atoms with Gasteiger partial charge in [0.05, 0.1) is 24.8 Å². The standard InChI is InChI=1S/C19H28F3N3O/c20-19(21,22)16-6-3-5-15(12-16)4-1-2-7-24-8-10-25(11-9-24)18-14-26-13-17(18)23/h3,5-6,12,17-18H,1-2,4,7-11,13-14,23H2/t17-,18-/m1/s1. The van der Waals surface area contributed by atoms with E-state index in [1.807, 2.05) is 0 Å². The highest BCUT2D eigenvalue weighted by molar-refractivity contribution is 5.25. The summed E-state index contributed by atoms with van der Waals surface area (Å²) in [6.45, 7) is 6.45. The Morgan fingerprint density at radius 3 is 2.50 bits per heavy atom. The zero-order chi connectivity index (χ0) is 18.6. The molecule has 4 nitrogen and oxygen atoms in total. The van der Waals surface area contributed by atoms with Gasteiger partial charge in [0.25, 0.3) is 0 Å². The van der Waals surface area contributed by atoms with Gasteiger partial charge < -0.3 is 15.4 Å². The normalized spacial score (nSPS) is 25.7. The molecule has 0 aliphatic carbocycles. The lowest BCUT2D eigenvalue weighted by Gasteiger charge is -2.38. The van der Waals surface area contributed by atoms with Gasteiger partial charge in [-0.15, -0.1) is 0 Å². The Morgan fingerprint density at radius 1 is 1.08 bits per heavy atom. The molecule has 2 heterocycles. The average Bonchev–Trinajstić information content (AvgIpc) is 3.05. The summed E-state index contributed by atoms with van der Waals surface area (Å²) in [4.78, 5) is 4.86. The second-order valence-corrected chi connectivity index (χ2v) is 7.30. The predicted molar refractivity (Wildman–Crippen MR) is 95.0 cm³/mol. The molecule has 3 rings (SSSR count). The number of hydrogen-bond donors (Lipinski definition) is 1. The highest BCUT2D eigenvalue weighted by atomic mass is 19.4. The van der Waals surface area contributed by atoms with Crippen LogP contribution in [-0.2, 0) is 17.3 Å². The highest BCUT2D eigenvalue weighted by Crippen LogP contribution is 2.29. The van der Waals surface area contributed by atoms with Crippen LogP contribution in [0.25, 0.3) is 0 Å². The van der Waals surface area contributed by atoms with Crippen molar-refractivity contribution in [2.75, 3.05) is 45.9 Å². The van der Waals surface area contributed by atoms with E-state index in [0.717, 1.165) is 63.8 Å². The number of ether oxygens (including phenoxy) is 1. The molecule has 0 radical (unpaired) electrons. The van der Waals surface area contributed by atoms with Crippen LogP contribution in [-0.4, -0.2) is 67.8 Å². The number of nitrogens with two attached hydrogens (primary N) is 1. The van der Waals surface area contributed by atoms with Crippen molar-refractivity contribution in [3.63, 3.8) is 0 Å². The smallest absolute Gasteiger partial charge is 0.378 e. The zero-order valence-corrected chi connectivity index (χ0v) is 15.0. The Kier molecular flexibility index (Phi) is 6.55. The van der Waals surface area contributed by atoms with Crippen molar-refractivity contribution in [1.82, 2.24) is 9.80 Å². The van der Waals surface area contributed by atoms with Crippen LogP contribution in [0.2, 0.25) is 0 Å². The van der Waals surface area contributed by atoms with Gasteiger partial charge >= 0.3 is 6.18 Å². The third-order valence-corrected chi connectivity index (χ3v) is 5.41. The molecular formula is C19H28F3N3O. The van der Waals surface area contributed by atoms with Crippen molar-refractivity contribution in [2.45, 2.75) is 37.5 Å². The van der Waals surface area contributed by atoms with E-state index in [4.69, 9.17) is 10.5 Å². The van der Waals surface area contributed by atoms with Gasteiger partial charge in [0, 0.05) is 32.2 Å². The van der Waals surface area contributed by atoms with E-state index in [1.165, 1.54) is 12.1 Å². The molecule has 1 aromatic carbocycles. The monoisotopic (exact) mass is 371 g/mol. The molecule has 2 fully saturated rings. The molecule has 7 heteroatoms. The van der Waals surface area contributed by atoms with Crippen LogP contribution in [0.1, 0.15) is 24.0 Å². The molecule has 2 N–H and O–H groups in total. The fourth-order valence-corrected chi connectivity index (χ4v) is 3.82. The molecule has 2 aliphatic rings. The second kappa shape index (κ2) is 8.69. The van der Waals surface area contributed by atoms with Crippen molar-refractivity contribution in [1.29, 1.82) is 0 Å². The molecule has 0 unspecified atom stereocenters. The first-order valence-electron chi connectivity index (χ1n) is 9.39. The summed E-state index contributed by atoms with van der Waals surface area (Å²) in [6.07, 6.45) is -1.66. The fraction of sp³-hybridized carbons (Fsp3) is 0.684. The zero-order valence-electron chi connectivity index (χ0n) is 15.0. The predicted octanol–water partition coefficient (Wildman–Crippen LogP) is 2.37. The maximum Gasteiger partial charge on any atom is 0.416 e. The Morgan fingerprint density at radius 2 is 1.85 bits per heavy atom. The van der Waals surface area contributed by atoms with E-state index in [-0.39, 0.29) is 6.04 Å². The Hall–Kier alpha value is -1.15. The second-order valence-electron chi connectivity index (χ2n) is 7.30. The van der Waals surface area contributed by atoms with Gasteiger partial charge in [-0.1, -0.05) is 18.2 Å². The number of halogens is 3. The van der Waals surface area contributed by atoms with Crippen molar-refractivity contribution in [3.8, 4) is 0 Å². The molecule has 0 amide bonds. The van der Waals surface area contributed by atoms with Crippen LogP contribution in [0.4, 0.5) is 13.2 Å². The summed E-state index contributed by atoms with van der Waals surface area (Å²) in [5.41, 5.74) is 6.29. The Labute approximate surface area is 153 Å². The molecule has 2 aliphatic heterocycles. The molecule has 0 aromatic heterocycles. The average molecular weight is 371 g/mol. The lowest BCUT2D eigenvalue weighted by Crippen LogP contribution is -2.55. The molecule has 0 bridgehead atoms. The van der Waals surface area contributed by atoms with Gasteiger partial charge in [-0.3, -0.25) is 4.90 Å². The van der Waals surface area contributed by atoms with Gasteiger partial charge in [0.1, 0.15) is 0 Å². The van der Waals surface area contributed by atoms with E-state index >= 15 is 0 Å². The summed E-state index contributed by atoms with van der Waals surface area (Å²) < 4.78 is 43.7. The highest BCUT2D eigenvalue weighted by Gasteiger charge is 2.32. The van der Waals surface area contributed by atoms with E-state index in [9.17, 15) is 13.2 Å². The quantitative estimate of drug-likeness (QED) is 0.780. The minimum absolute atomic E-state index is 0.119. The lowest BCUT2D eigenvalue weighted by molar-refractivity contribution is -0.137. The lowest BCUT2D eigenvalue weighted by atomic mass is 10.0. The summed E-state index contributed by atoms with van der Waals surface area (Å²) in [5.74, 6) is 0. The largest absolute Gasteiger partial charge is 0.416 e. The SMILES string of the molecule is N[C@@H]1COC[C@H]1N1CCN(CCCCc2cccc(C(F)(F)F)c2)CC1. The topological polar surface area (TPSA) is 41.7 Å². The van der Waals surface area contributed by atoms with Crippen molar-refractivity contribution < 1.29 is 17.9 Å². The minimum atomic E-state index is -4.26. The summed E-state index contributed by atoms with van der Waals surface area (Å²) in [7, 11) is 0. The molecule has 26 heavy (non-hydrogen) atoms. The van der Waals surface area contributed by atoms with E-state index in [0.29, 0.717) is 19.1 Å². The van der Waals surface area contributed by atoms with Gasteiger partial charge in [0.2, 0.25) is 0 Å². The van der Waals surface area contributed by atoms with Gasteiger partial charge in [0.15, 0.2) is 0 Å². The number of rotatable bonds is 6. The molecular weight excluding hydrogens is 343 g/mol. The number of alkyl halides is 3. The van der Waals surface area contributed by atoms with Crippen LogP contribution in [0.5, 0.6) is 0 Å². The number of nitrogens with zero attached hydrogens (tertiary/aromatic N) is 2. The third kappa shape index (κ3) is 5.19. The van der Waals surface area contributed by atoms with Gasteiger partial charge in [-0.05, 0) is 37.4 Å². The fourth-order valence-electron chi connectivity index (χ4n) is 3.82. The van der Waals surface area contributed by atoms with Crippen molar-refractivity contribution in [2.24, 2.45) is 5.73 Å². The molecule has 2 saturated heterocycles. The first-order chi connectivity index (χ1) is 12.4. The van der Waals surface area contributed by atoms with E-state index in [2.05, 4.69) is 9.80 Å². The van der Waals surface area contributed by atoms with Crippen molar-refractivity contribution >= 4 is 0 Å². The number of benzene rings is 1. The summed E-state index contributed by atoms with van der Waals surface area (Å²) in [5, 5.41) is 0. The third-order valence-electron chi connectivity index (χ3n) is 5.41. The first kappa shape index (κ1) is 19.6. The number of unbranched alkanes of at least 4 members (excludes halogenated alkanes) is 1. The van der Waals surface area contributed by atoms with E-state index < -0.39 is 11.7 Å². The molecule has 2 atom stereocenters. The Balaban J connectivity index is 1.35. The van der Waals surface area contributed by atoms with Crippen LogP contribution < -0.4 is 5.73 Å². The van der Waals surface area contributed by atoms with Crippen LogP contribution >= 0.6 is 0 Å². The maximum absolute atomic E-state index is 12.7. The Bertz CT molecular complexity index is 573. The maximum atomic E-state index is 12.7. The number of aryl methyl sites for hydroxylation is 1. The van der Waals surface area contributed by atoms with Crippen LogP contribution in [0.3, 0.4) is 0 Å². The summed E-state index contributed by atoms with van der Waals surface area (Å²) in [6, 6.07) is 6.14.